The molecule has 9 N–H and O–H groups in total. The molecule has 18 nitrogen and oxygen atoms in total. The molecule has 0 radical (unpaired) electrons. The van der Waals surface area contributed by atoms with Gasteiger partial charge in [0, 0.05) is 6.92 Å². The molecule has 0 aromatic heterocycles. The molecule has 344 valence electrons. The second-order valence-electron chi connectivity index (χ2n) is 16.4. The Hall–Kier alpha value is -4.77. The average molecular weight is 854 g/mol. The van der Waals surface area contributed by atoms with Crippen molar-refractivity contribution in [3.8, 4) is 0 Å². The lowest BCUT2D eigenvalue weighted by Gasteiger charge is -2.33. The van der Waals surface area contributed by atoms with Crippen LogP contribution in [0.25, 0.3) is 0 Å². The summed E-state index contributed by atoms with van der Waals surface area (Å²) in [6.07, 6.45) is 1.90. The average Bonchev–Trinajstić information content (AvgIpc) is 3.20. The van der Waals surface area contributed by atoms with Crippen LogP contribution in [0.1, 0.15) is 135 Å². The zero-order valence-corrected chi connectivity index (χ0v) is 38.0. The topological polar surface area (TPSA) is 278 Å². The van der Waals surface area contributed by atoms with Gasteiger partial charge in [0.2, 0.25) is 41.4 Å². The number of hydrogen-bond donors (Lipinski definition) is 9. The van der Waals surface area contributed by atoms with Crippen molar-refractivity contribution in [3.05, 3.63) is 0 Å². The lowest BCUT2D eigenvalue weighted by Crippen LogP contribution is -2.63. The van der Waals surface area contributed by atoms with Crippen LogP contribution in [-0.4, -0.2) is 106 Å². The first-order chi connectivity index (χ1) is 27.9. The monoisotopic (exact) mass is 854 g/mol. The Labute approximate surface area is 356 Å². The summed E-state index contributed by atoms with van der Waals surface area (Å²) in [4.78, 5) is 118. The number of nitrogens with one attached hydrogen (secondary N) is 7. The third-order valence-electron chi connectivity index (χ3n) is 11.8. The maximum atomic E-state index is 14.2. The van der Waals surface area contributed by atoms with E-state index in [0.29, 0.717) is 38.5 Å². The van der Waals surface area contributed by atoms with Gasteiger partial charge in [-0.1, -0.05) is 122 Å². The molecular formula is C42H75N7O11. The summed E-state index contributed by atoms with van der Waals surface area (Å²) in [7, 11) is 0. The van der Waals surface area contributed by atoms with Crippen LogP contribution in [0, 0.1) is 35.5 Å². The predicted octanol–water partition coefficient (Wildman–Crippen LogP) is 2.24. The van der Waals surface area contributed by atoms with Crippen LogP contribution >= 0.6 is 0 Å². The molecular weight excluding hydrogens is 778 g/mol. The Kier molecular flexibility index (Phi) is 25.0. The molecule has 0 heterocycles. The number of carboxylic acids is 2. The third-order valence-corrected chi connectivity index (χ3v) is 11.8. The summed E-state index contributed by atoms with van der Waals surface area (Å²) >= 11 is 0. The van der Waals surface area contributed by atoms with Gasteiger partial charge in [0.25, 0.3) is 0 Å². The number of amides is 7. The fourth-order valence-electron chi connectivity index (χ4n) is 6.28. The molecule has 0 fully saturated rings. The van der Waals surface area contributed by atoms with Gasteiger partial charge >= 0.3 is 11.9 Å². The van der Waals surface area contributed by atoms with E-state index >= 15 is 0 Å². The lowest BCUT2D eigenvalue weighted by molar-refractivity contribution is -0.147. The molecule has 0 aliphatic carbocycles. The Balaban J connectivity index is 6.60. The van der Waals surface area contributed by atoms with E-state index in [4.69, 9.17) is 5.11 Å². The van der Waals surface area contributed by atoms with Crippen LogP contribution in [-0.2, 0) is 43.2 Å². The van der Waals surface area contributed by atoms with E-state index in [9.17, 15) is 48.3 Å². The SMILES string of the molecule is CC[C@H](C)[C@H](NC(C)=O)C(=O)N[C@H](C(=O)N[C@H](C(=O)N[C@H](C(=O)N[C@H](C(=O)N[C@H](C(=O)N[C@@H](CC(=O)O)C(=O)O)[C@@H](C)CC)[C@@H](C)CC)[C@@H](C)CC)[C@@H](C)CC)[C@@H](C)CC. The summed E-state index contributed by atoms with van der Waals surface area (Å²) in [5.41, 5.74) is 0. The Morgan fingerprint density at radius 3 is 0.733 bits per heavy atom. The fourth-order valence-corrected chi connectivity index (χ4v) is 6.28. The molecule has 0 aliphatic rings. The number of aliphatic carboxylic acids is 2. The molecule has 0 spiro atoms. The van der Waals surface area contributed by atoms with E-state index in [2.05, 4.69) is 37.2 Å². The Morgan fingerprint density at radius 2 is 0.567 bits per heavy atom. The minimum absolute atomic E-state index is 0.231. The largest absolute Gasteiger partial charge is 0.481 e. The number of carboxylic acid groups (broad SMARTS) is 2. The standard InChI is InChI=1S/C42H75N7O11/c1-14-21(7)30(43-27(13)50)37(54)46-32(23(9)16-3)39(56)48-34(25(11)18-5)41(58)49-35(26(12)19-6)40(57)47-33(24(10)17-4)38(55)45-31(22(8)15-2)36(53)44-28(42(59)60)20-29(51)52/h21-26,28,30-35H,14-20H2,1-13H3,(H,43,50)(H,44,53)(H,45,55)(H,46,54)(H,47,57)(H,48,56)(H,49,58)(H,51,52)(H,59,60)/t21-,22-,23-,24-,25-,26-,28-,30-,31-,32-,33-,34-,35-/m0/s1. The predicted molar refractivity (Wildman–Crippen MR) is 226 cm³/mol. The van der Waals surface area contributed by atoms with Crippen LogP contribution in [0.4, 0.5) is 0 Å². The van der Waals surface area contributed by atoms with E-state index in [1.54, 1.807) is 48.5 Å². The van der Waals surface area contributed by atoms with Gasteiger partial charge in [0.1, 0.15) is 42.3 Å². The number of hydrogen-bond acceptors (Lipinski definition) is 9. The number of carbonyl (C=O) groups is 9. The first-order valence-electron chi connectivity index (χ1n) is 21.5. The van der Waals surface area contributed by atoms with Crippen molar-refractivity contribution in [1.82, 2.24) is 37.2 Å². The molecule has 0 saturated heterocycles. The van der Waals surface area contributed by atoms with Crippen LogP contribution < -0.4 is 37.2 Å². The molecule has 0 bridgehead atoms. The third kappa shape index (κ3) is 17.4. The van der Waals surface area contributed by atoms with Crippen molar-refractivity contribution in [2.75, 3.05) is 0 Å². The highest BCUT2D eigenvalue weighted by Crippen LogP contribution is 2.18. The molecule has 0 aromatic rings. The maximum absolute atomic E-state index is 14.2. The minimum Gasteiger partial charge on any atom is -0.481 e. The van der Waals surface area contributed by atoms with Gasteiger partial charge in [0.15, 0.2) is 0 Å². The lowest BCUT2D eigenvalue weighted by atomic mass is 9.92. The fraction of sp³-hybridized carbons (Fsp3) is 0.786. The summed E-state index contributed by atoms with van der Waals surface area (Å²) in [5.74, 6) is -10.0. The van der Waals surface area contributed by atoms with Gasteiger partial charge in [-0.2, -0.15) is 0 Å². The van der Waals surface area contributed by atoms with Crippen molar-refractivity contribution in [2.24, 2.45) is 35.5 Å². The highest BCUT2D eigenvalue weighted by atomic mass is 16.4. The van der Waals surface area contributed by atoms with E-state index in [1.165, 1.54) is 6.92 Å². The summed E-state index contributed by atoms with van der Waals surface area (Å²) < 4.78 is 0. The molecule has 0 saturated carbocycles. The van der Waals surface area contributed by atoms with Crippen molar-refractivity contribution in [1.29, 1.82) is 0 Å². The molecule has 0 aliphatic heterocycles. The maximum Gasteiger partial charge on any atom is 0.326 e. The normalized spacial score (nSPS) is 17.8. The van der Waals surface area contributed by atoms with Crippen LogP contribution in [0.5, 0.6) is 0 Å². The van der Waals surface area contributed by atoms with Gasteiger partial charge in [-0.15, -0.1) is 0 Å². The molecule has 7 amide bonds. The summed E-state index contributed by atoms with van der Waals surface area (Å²) in [6.45, 7) is 22.7. The van der Waals surface area contributed by atoms with Crippen LogP contribution in [0.15, 0.2) is 0 Å². The molecule has 13 atom stereocenters. The first-order valence-corrected chi connectivity index (χ1v) is 21.5. The highest BCUT2D eigenvalue weighted by molar-refractivity contribution is 5.98. The molecule has 0 aromatic carbocycles. The van der Waals surface area contributed by atoms with E-state index in [0.717, 1.165) is 0 Å². The second-order valence-corrected chi connectivity index (χ2v) is 16.4. The Morgan fingerprint density at radius 1 is 0.367 bits per heavy atom. The molecule has 0 rings (SSSR count). The van der Waals surface area contributed by atoms with Gasteiger partial charge in [0.05, 0.1) is 6.42 Å². The van der Waals surface area contributed by atoms with Crippen molar-refractivity contribution >= 4 is 53.3 Å². The Bertz CT molecular complexity index is 1480. The quantitative estimate of drug-likeness (QED) is 0.0551. The second kappa shape index (κ2) is 27.2. The van der Waals surface area contributed by atoms with E-state index in [1.807, 2.05) is 34.6 Å². The first kappa shape index (κ1) is 55.2. The van der Waals surface area contributed by atoms with Crippen molar-refractivity contribution < 1.29 is 53.4 Å². The van der Waals surface area contributed by atoms with Crippen LogP contribution in [0.2, 0.25) is 0 Å². The number of carbonyl (C=O) groups excluding carboxylic acids is 7. The zero-order chi connectivity index (χ0) is 46.6. The van der Waals surface area contributed by atoms with Gasteiger partial charge in [-0.05, 0) is 35.5 Å². The summed E-state index contributed by atoms with van der Waals surface area (Å²) in [5, 5.41) is 37.3. The van der Waals surface area contributed by atoms with Gasteiger partial charge < -0.3 is 47.4 Å². The zero-order valence-electron chi connectivity index (χ0n) is 38.0. The molecule has 0 unspecified atom stereocenters. The van der Waals surface area contributed by atoms with E-state index in [-0.39, 0.29) is 11.8 Å². The van der Waals surface area contributed by atoms with Gasteiger partial charge in [-0.25, -0.2) is 4.79 Å². The number of rotatable bonds is 28. The molecule has 60 heavy (non-hydrogen) atoms. The van der Waals surface area contributed by atoms with Crippen molar-refractivity contribution in [3.63, 3.8) is 0 Å². The van der Waals surface area contributed by atoms with Crippen LogP contribution in [0.3, 0.4) is 0 Å². The van der Waals surface area contributed by atoms with Crippen molar-refractivity contribution in [2.45, 2.75) is 177 Å². The summed E-state index contributed by atoms with van der Waals surface area (Å²) in [6, 6.07) is -8.48. The van der Waals surface area contributed by atoms with E-state index < -0.39 is 126 Å². The highest BCUT2D eigenvalue weighted by Gasteiger charge is 2.39. The smallest absolute Gasteiger partial charge is 0.326 e. The minimum atomic E-state index is -1.75. The van der Waals surface area contributed by atoms with Gasteiger partial charge in [-0.3, -0.25) is 38.4 Å². The molecule has 18 heteroatoms.